The number of hydrogen-bond acceptors (Lipinski definition) is 8. The van der Waals surface area contributed by atoms with Gasteiger partial charge in [-0.3, -0.25) is 4.79 Å². The molecule has 0 saturated carbocycles. The monoisotopic (exact) mass is 667 g/mol. The number of rotatable bonds is 10. The molecule has 2 aliphatic rings. The van der Waals surface area contributed by atoms with E-state index in [4.69, 9.17) is 9.72 Å². The minimum absolute atomic E-state index is 0. The van der Waals surface area contributed by atoms with E-state index < -0.39 is 0 Å². The number of ether oxygens (including phenoxy) is 1. The number of hydrogen-bond donors (Lipinski definition) is 0. The lowest BCUT2D eigenvalue weighted by molar-refractivity contribution is 0.0777. The zero-order valence-electron chi connectivity index (χ0n) is 27.3. The highest BCUT2D eigenvalue weighted by Gasteiger charge is 2.42. The molecule has 2 aromatic heterocycles. The molecule has 11 nitrogen and oxygen atoms in total. The van der Waals surface area contributed by atoms with E-state index in [0.717, 1.165) is 75.5 Å². The Labute approximate surface area is 287 Å². The lowest BCUT2D eigenvalue weighted by atomic mass is 9.76. The number of anilines is 1. The number of benzene rings is 3. The van der Waals surface area contributed by atoms with E-state index in [1.807, 2.05) is 29.2 Å². The molecular weight excluding hydrogens is 626 g/mol. The van der Waals surface area contributed by atoms with E-state index in [2.05, 4.69) is 85.0 Å². The molecule has 12 heteroatoms. The van der Waals surface area contributed by atoms with Crippen LogP contribution in [0.15, 0.2) is 91.8 Å². The van der Waals surface area contributed by atoms with Crippen molar-refractivity contribution in [2.75, 3.05) is 57.8 Å². The number of nitrogens with zero attached hydrogens (tertiary/aromatic N) is 9. The van der Waals surface area contributed by atoms with Gasteiger partial charge >= 0.3 is 0 Å². The highest BCUT2D eigenvalue weighted by Crippen LogP contribution is 2.39. The van der Waals surface area contributed by atoms with Crippen LogP contribution in [0.25, 0.3) is 16.7 Å². The smallest absolute Gasteiger partial charge is 0.257 e. The number of likely N-dealkylation sites (tertiary alicyclic amines) is 1. The minimum Gasteiger partial charge on any atom is -0.496 e. The van der Waals surface area contributed by atoms with E-state index in [-0.39, 0.29) is 23.7 Å². The molecule has 48 heavy (non-hydrogen) atoms. The highest BCUT2D eigenvalue weighted by atomic mass is 35.5. The molecule has 1 amide bonds. The van der Waals surface area contributed by atoms with Gasteiger partial charge in [0, 0.05) is 44.7 Å². The van der Waals surface area contributed by atoms with Crippen molar-refractivity contribution in [1.29, 1.82) is 0 Å². The SMILES string of the molecule is C=CCn1c(N2CCCN(CCC3(c4ccccc4)CCN(C(=O)c4cc(-n5cnnn5)ccc4OC)C3)CC2)nc2ccccc21.Cl. The van der Waals surface area contributed by atoms with Crippen molar-refractivity contribution in [3.8, 4) is 11.4 Å². The predicted molar refractivity (Wildman–Crippen MR) is 189 cm³/mol. The zero-order chi connectivity index (χ0) is 32.2. The third-order valence-corrected chi connectivity index (χ3v) is 9.78. The van der Waals surface area contributed by atoms with Crippen LogP contribution in [0.5, 0.6) is 5.75 Å². The first kappa shape index (κ1) is 33.2. The second-order valence-electron chi connectivity index (χ2n) is 12.5. The summed E-state index contributed by atoms with van der Waals surface area (Å²) in [5, 5.41) is 11.5. The fourth-order valence-corrected chi connectivity index (χ4v) is 7.26. The number of amides is 1. The number of fused-ring (bicyclic) bond motifs is 1. The van der Waals surface area contributed by atoms with Gasteiger partial charge in [0.1, 0.15) is 12.1 Å². The predicted octanol–water partition coefficient (Wildman–Crippen LogP) is 5.01. The maximum atomic E-state index is 14.1. The van der Waals surface area contributed by atoms with Crippen LogP contribution >= 0.6 is 12.4 Å². The Hall–Kier alpha value is -4.74. The average molecular weight is 668 g/mol. The van der Waals surface area contributed by atoms with Gasteiger partial charge in [0.05, 0.1) is 29.4 Å². The van der Waals surface area contributed by atoms with Crippen LogP contribution in [0.4, 0.5) is 5.95 Å². The summed E-state index contributed by atoms with van der Waals surface area (Å²) in [6, 6.07) is 24.5. The van der Waals surface area contributed by atoms with Crippen LogP contribution < -0.4 is 9.64 Å². The van der Waals surface area contributed by atoms with E-state index in [1.54, 1.807) is 17.9 Å². The van der Waals surface area contributed by atoms with Crippen LogP contribution in [-0.2, 0) is 12.0 Å². The first-order chi connectivity index (χ1) is 23.1. The minimum atomic E-state index is -0.137. The Balaban J connectivity index is 0.00000401. The van der Waals surface area contributed by atoms with Crippen molar-refractivity contribution in [1.82, 2.24) is 39.6 Å². The summed E-state index contributed by atoms with van der Waals surface area (Å²) in [5.41, 5.74) is 4.55. The molecule has 2 saturated heterocycles. The molecule has 3 aromatic carbocycles. The van der Waals surface area contributed by atoms with Gasteiger partial charge in [-0.2, -0.15) is 0 Å². The fourth-order valence-electron chi connectivity index (χ4n) is 7.26. The molecule has 4 heterocycles. The highest BCUT2D eigenvalue weighted by molar-refractivity contribution is 5.98. The molecule has 0 bridgehead atoms. The summed E-state index contributed by atoms with van der Waals surface area (Å²) in [6.45, 7) is 10.9. The first-order valence-corrected chi connectivity index (χ1v) is 16.4. The number of methoxy groups -OCH3 is 1. The molecular formula is C36H42ClN9O2. The number of carbonyl (C=O) groups is 1. The van der Waals surface area contributed by atoms with Crippen LogP contribution in [0.2, 0.25) is 0 Å². The third kappa shape index (κ3) is 6.52. The lowest BCUT2D eigenvalue weighted by Crippen LogP contribution is -2.39. The second-order valence-corrected chi connectivity index (χ2v) is 12.5. The number of aromatic nitrogens is 6. The first-order valence-electron chi connectivity index (χ1n) is 16.4. The number of para-hydroxylation sites is 2. The van der Waals surface area contributed by atoms with Crippen molar-refractivity contribution in [2.24, 2.45) is 0 Å². The fraction of sp³-hybridized carbons (Fsp3) is 0.361. The molecule has 2 aliphatic heterocycles. The Morgan fingerprint density at radius 1 is 1.00 bits per heavy atom. The maximum absolute atomic E-state index is 14.1. The van der Waals surface area contributed by atoms with Gasteiger partial charge in [-0.25, -0.2) is 9.67 Å². The van der Waals surface area contributed by atoms with Crippen LogP contribution in [0.1, 0.15) is 35.2 Å². The molecule has 5 aromatic rings. The number of imidazole rings is 1. The van der Waals surface area contributed by atoms with Crippen LogP contribution in [-0.4, -0.2) is 98.4 Å². The van der Waals surface area contributed by atoms with Gasteiger partial charge in [-0.05, 0) is 78.7 Å². The maximum Gasteiger partial charge on any atom is 0.257 e. The Morgan fingerprint density at radius 2 is 1.83 bits per heavy atom. The summed E-state index contributed by atoms with van der Waals surface area (Å²) in [5.74, 6) is 1.53. The summed E-state index contributed by atoms with van der Waals surface area (Å²) < 4.78 is 9.45. The molecule has 0 aliphatic carbocycles. The van der Waals surface area contributed by atoms with Crippen LogP contribution in [0.3, 0.4) is 0 Å². The van der Waals surface area contributed by atoms with Gasteiger partial charge in [-0.15, -0.1) is 24.1 Å². The summed E-state index contributed by atoms with van der Waals surface area (Å²) in [4.78, 5) is 26.1. The van der Waals surface area contributed by atoms with Gasteiger partial charge in [0.25, 0.3) is 5.91 Å². The van der Waals surface area contributed by atoms with Crippen molar-refractivity contribution in [3.05, 3.63) is 103 Å². The number of halogens is 1. The Bertz CT molecular complexity index is 1850. The Kier molecular flexibility index (Phi) is 10.1. The second kappa shape index (κ2) is 14.6. The van der Waals surface area contributed by atoms with E-state index in [1.165, 1.54) is 11.9 Å². The molecule has 1 atom stereocenters. The molecule has 0 N–H and O–H groups in total. The zero-order valence-corrected chi connectivity index (χ0v) is 28.1. The summed E-state index contributed by atoms with van der Waals surface area (Å²) in [6.07, 6.45) is 6.41. The van der Waals surface area contributed by atoms with E-state index >= 15 is 0 Å². The molecule has 1 unspecified atom stereocenters. The van der Waals surface area contributed by atoms with Gasteiger partial charge in [0.2, 0.25) is 5.95 Å². The van der Waals surface area contributed by atoms with Gasteiger partial charge < -0.3 is 24.0 Å². The number of carbonyl (C=O) groups excluding carboxylic acids is 1. The standard InChI is InChI=1S/C36H41N9O2.ClH/c1-3-18-44-32-13-8-7-12-31(32)38-35(44)42-20-9-19-41(23-24-42)21-16-36(28-10-5-4-6-11-28)17-22-43(26-36)34(46)30-25-29(14-15-33(30)47-2)45-27-37-39-40-45;/h3-8,10-15,25,27H,1,9,16-24,26H2,2H3;1H. The van der Waals surface area contributed by atoms with Gasteiger partial charge in [-0.1, -0.05) is 48.5 Å². The summed E-state index contributed by atoms with van der Waals surface area (Å²) in [7, 11) is 1.60. The topological polar surface area (TPSA) is 97.4 Å². The summed E-state index contributed by atoms with van der Waals surface area (Å²) >= 11 is 0. The number of allylic oxidation sites excluding steroid dienone is 1. The molecule has 2 fully saturated rings. The average Bonchev–Trinajstić information content (AvgIpc) is 3.85. The quantitative estimate of drug-likeness (QED) is 0.192. The number of tetrazole rings is 1. The van der Waals surface area contributed by atoms with Crippen molar-refractivity contribution in [2.45, 2.75) is 31.2 Å². The third-order valence-electron chi connectivity index (χ3n) is 9.78. The molecule has 0 radical (unpaired) electrons. The van der Waals surface area contributed by atoms with Crippen molar-refractivity contribution < 1.29 is 9.53 Å². The normalized spacial score (nSPS) is 18.4. The largest absolute Gasteiger partial charge is 0.496 e. The Morgan fingerprint density at radius 3 is 2.62 bits per heavy atom. The van der Waals surface area contributed by atoms with Gasteiger partial charge in [0.15, 0.2) is 0 Å². The van der Waals surface area contributed by atoms with Crippen LogP contribution in [0, 0.1) is 0 Å². The molecule has 250 valence electrons. The molecule has 7 rings (SSSR count). The van der Waals surface area contributed by atoms with Crippen molar-refractivity contribution >= 4 is 35.3 Å². The van der Waals surface area contributed by atoms with E-state index in [0.29, 0.717) is 30.1 Å². The van der Waals surface area contributed by atoms with Crippen molar-refractivity contribution in [3.63, 3.8) is 0 Å². The lowest BCUT2D eigenvalue weighted by Gasteiger charge is -2.33. The van der Waals surface area contributed by atoms with E-state index in [9.17, 15) is 4.79 Å². The molecule has 0 spiro atoms.